The van der Waals surface area contributed by atoms with Gasteiger partial charge in [0.25, 0.3) is 5.56 Å². The molecule has 2 amide bonds. The largest absolute Gasteiger partial charge is 0.467 e. The monoisotopic (exact) mass is 360 g/mol. The lowest BCUT2D eigenvalue weighted by Gasteiger charge is -2.17. The standard InChI is InChI=1S/C20H16N4O3/c25-19-15-11-14(8-9-16(15)21-12-22-19)23-20(26)24-18(17-7-4-10-27-17)13-5-2-1-3-6-13/h1-12,18H,(H,21,22,25)(H2,23,24,26). The molecule has 2 heterocycles. The van der Waals surface area contributed by atoms with Gasteiger partial charge in [-0.3, -0.25) is 4.79 Å². The topological polar surface area (TPSA) is 100 Å². The molecule has 0 aliphatic rings. The van der Waals surface area contributed by atoms with Crippen molar-refractivity contribution in [2.24, 2.45) is 0 Å². The van der Waals surface area contributed by atoms with Crippen LogP contribution in [-0.2, 0) is 0 Å². The van der Waals surface area contributed by atoms with E-state index in [9.17, 15) is 9.59 Å². The molecule has 2 aromatic carbocycles. The van der Waals surface area contributed by atoms with Crippen molar-refractivity contribution in [3.05, 3.63) is 94.9 Å². The fourth-order valence-corrected chi connectivity index (χ4v) is 2.86. The molecule has 0 fully saturated rings. The molecule has 4 aromatic rings. The molecule has 1 unspecified atom stereocenters. The Kier molecular flexibility index (Phi) is 4.40. The van der Waals surface area contributed by atoms with Gasteiger partial charge >= 0.3 is 6.03 Å². The normalized spacial score (nSPS) is 11.9. The van der Waals surface area contributed by atoms with Crippen LogP contribution in [0.3, 0.4) is 0 Å². The number of urea groups is 1. The van der Waals surface area contributed by atoms with Crippen molar-refractivity contribution in [3.63, 3.8) is 0 Å². The average molecular weight is 360 g/mol. The molecule has 0 saturated heterocycles. The van der Waals surface area contributed by atoms with Crippen LogP contribution in [0.4, 0.5) is 10.5 Å². The third-order valence-corrected chi connectivity index (χ3v) is 4.13. The Balaban J connectivity index is 1.57. The Bertz CT molecular complexity index is 1120. The molecule has 27 heavy (non-hydrogen) atoms. The van der Waals surface area contributed by atoms with E-state index >= 15 is 0 Å². The number of H-pyrrole nitrogens is 1. The molecule has 3 N–H and O–H groups in total. The smallest absolute Gasteiger partial charge is 0.320 e. The van der Waals surface area contributed by atoms with E-state index in [4.69, 9.17) is 4.42 Å². The molecule has 0 spiro atoms. The predicted octanol–water partition coefficient (Wildman–Crippen LogP) is 3.43. The maximum Gasteiger partial charge on any atom is 0.320 e. The summed E-state index contributed by atoms with van der Waals surface area (Å²) in [5.74, 6) is 0.621. The van der Waals surface area contributed by atoms with Gasteiger partial charge in [-0.15, -0.1) is 0 Å². The number of nitrogens with one attached hydrogen (secondary N) is 3. The second-order valence-corrected chi connectivity index (χ2v) is 5.92. The first kappa shape index (κ1) is 16.6. The van der Waals surface area contributed by atoms with E-state index < -0.39 is 12.1 Å². The highest BCUT2D eigenvalue weighted by Gasteiger charge is 2.19. The van der Waals surface area contributed by atoms with Gasteiger partial charge in [0.05, 0.1) is 23.5 Å². The second-order valence-electron chi connectivity index (χ2n) is 5.92. The molecule has 1 atom stereocenters. The molecule has 7 heteroatoms. The van der Waals surface area contributed by atoms with Gasteiger partial charge in [0.15, 0.2) is 0 Å². The summed E-state index contributed by atoms with van der Waals surface area (Å²) in [6.45, 7) is 0. The Morgan fingerprint density at radius 3 is 2.70 bits per heavy atom. The quantitative estimate of drug-likeness (QED) is 0.519. The molecule has 134 valence electrons. The lowest BCUT2D eigenvalue weighted by atomic mass is 10.1. The van der Waals surface area contributed by atoms with Crippen molar-refractivity contribution < 1.29 is 9.21 Å². The number of nitrogens with zero attached hydrogens (tertiary/aromatic N) is 1. The van der Waals surface area contributed by atoms with Gasteiger partial charge < -0.3 is 20.0 Å². The maximum atomic E-state index is 12.5. The molecular formula is C20H16N4O3. The van der Waals surface area contributed by atoms with Gasteiger partial charge in [-0.25, -0.2) is 9.78 Å². The Morgan fingerprint density at radius 1 is 1.07 bits per heavy atom. The highest BCUT2D eigenvalue weighted by atomic mass is 16.3. The van der Waals surface area contributed by atoms with Gasteiger partial charge in [-0.1, -0.05) is 30.3 Å². The number of amides is 2. The Hall–Kier alpha value is -3.87. The lowest BCUT2D eigenvalue weighted by Crippen LogP contribution is -2.33. The molecule has 2 aromatic heterocycles. The average Bonchev–Trinajstić information content (AvgIpc) is 3.22. The molecular weight excluding hydrogens is 344 g/mol. The van der Waals surface area contributed by atoms with Crippen LogP contribution in [0.25, 0.3) is 10.9 Å². The van der Waals surface area contributed by atoms with Gasteiger partial charge in [-0.05, 0) is 35.9 Å². The second kappa shape index (κ2) is 7.17. The van der Waals surface area contributed by atoms with E-state index in [0.29, 0.717) is 22.4 Å². The first-order chi connectivity index (χ1) is 13.2. The number of fused-ring (bicyclic) bond motifs is 1. The van der Waals surface area contributed by atoms with Crippen LogP contribution < -0.4 is 16.2 Å². The molecule has 0 aliphatic heterocycles. The summed E-state index contributed by atoms with van der Waals surface area (Å²) >= 11 is 0. The van der Waals surface area contributed by atoms with Crippen molar-refractivity contribution in [1.82, 2.24) is 15.3 Å². The van der Waals surface area contributed by atoms with E-state index in [1.54, 1.807) is 36.6 Å². The fourth-order valence-electron chi connectivity index (χ4n) is 2.86. The van der Waals surface area contributed by atoms with Crippen LogP contribution in [0.5, 0.6) is 0 Å². The van der Waals surface area contributed by atoms with E-state index in [-0.39, 0.29) is 5.56 Å². The first-order valence-corrected chi connectivity index (χ1v) is 8.34. The number of carbonyl (C=O) groups is 1. The van der Waals surface area contributed by atoms with Crippen LogP contribution in [0.2, 0.25) is 0 Å². The highest BCUT2D eigenvalue weighted by molar-refractivity contribution is 5.92. The molecule has 0 saturated carbocycles. The first-order valence-electron chi connectivity index (χ1n) is 8.34. The number of furan rings is 1. The summed E-state index contributed by atoms with van der Waals surface area (Å²) in [6.07, 6.45) is 2.91. The van der Waals surface area contributed by atoms with Crippen molar-refractivity contribution in [1.29, 1.82) is 0 Å². The van der Waals surface area contributed by atoms with Crippen LogP contribution in [-0.4, -0.2) is 16.0 Å². The number of hydrogen-bond acceptors (Lipinski definition) is 4. The van der Waals surface area contributed by atoms with Crippen molar-refractivity contribution in [2.75, 3.05) is 5.32 Å². The number of anilines is 1. The van der Waals surface area contributed by atoms with E-state index in [1.807, 2.05) is 30.3 Å². The highest BCUT2D eigenvalue weighted by Crippen LogP contribution is 2.22. The van der Waals surface area contributed by atoms with Crippen LogP contribution in [0.15, 0.2) is 82.5 Å². The fraction of sp³-hybridized carbons (Fsp3) is 0.0500. The van der Waals surface area contributed by atoms with Crippen LogP contribution in [0, 0.1) is 0 Å². The molecule has 0 bridgehead atoms. The number of benzene rings is 2. The van der Waals surface area contributed by atoms with E-state index in [1.165, 1.54) is 6.33 Å². The SMILES string of the molecule is O=C(Nc1ccc2nc[nH]c(=O)c2c1)NC(c1ccccc1)c1ccco1. The van der Waals surface area contributed by atoms with E-state index in [0.717, 1.165) is 5.56 Å². The Morgan fingerprint density at radius 2 is 1.93 bits per heavy atom. The zero-order chi connectivity index (χ0) is 18.6. The molecule has 7 nitrogen and oxygen atoms in total. The summed E-state index contributed by atoms with van der Waals surface area (Å²) in [4.78, 5) is 31.1. The number of rotatable bonds is 4. The molecule has 4 rings (SSSR count). The van der Waals surface area contributed by atoms with Gasteiger partial charge in [0.2, 0.25) is 0 Å². The van der Waals surface area contributed by atoms with Crippen molar-refractivity contribution in [3.8, 4) is 0 Å². The maximum absolute atomic E-state index is 12.5. The number of hydrogen-bond donors (Lipinski definition) is 3. The number of aromatic amines is 1. The number of aromatic nitrogens is 2. The summed E-state index contributed by atoms with van der Waals surface area (Å²) in [7, 11) is 0. The van der Waals surface area contributed by atoms with Gasteiger partial charge in [0, 0.05) is 5.69 Å². The van der Waals surface area contributed by atoms with Crippen LogP contribution >= 0.6 is 0 Å². The van der Waals surface area contributed by atoms with E-state index in [2.05, 4.69) is 20.6 Å². The zero-order valence-electron chi connectivity index (χ0n) is 14.2. The van der Waals surface area contributed by atoms with Gasteiger partial charge in [-0.2, -0.15) is 0 Å². The van der Waals surface area contributed by atoms with Crippen LogP contribution in [0.1, 0.15) is 17.4 Å². The minimum Gasteiger partial charge on any atom is -0.467 e. The Labute approximate surface area is 154 Å². The summed E-state index contributed by atoms with van der Waals surface area (Å²) in [6, 6.07) is 17.2. The van der Waals surface area contributed by atoms with Crippen molar-refractivity contribution in [2.45, 2.75) is 6.04 Å². The minimum absolute atomic E-state index is 0.262. The zero-order valence-corrected chi connectivity index (χ0v) is 14.2. The third-order valence-electron chi connectivity index (χ3n) is 4.13. The number of carbonyl (C=O) groups excluding carboxylic acids is 1. The lowest BCUT2D eigenvalue weighted by molar-refractivity contribution is 0.248. The summed E-state index contributed by atoms with van der Waals surface area (Å²) in [5.41, 5.74) is 1.68. The van der Waals surface area contributed by atoms with Gasteiger partial charge in [0.1, 0.15) is 11.8 Å². The summed E-state index contributed by atoms with van der Waals surface area (Å²) in [5, 5.41) is 6.06. The molecule has 0 radical (unpaired) electrons. The third kappa shape index (κ3) is 3.57. The molecule has 0 aliphatic carbocycles. The van der Waals surface area contributed by atoms with Crippen molar-refractivity contribution >= 4 is 22.6 Å². The minimum atomic E-state index is -0.438. The summed E-state index contributed by atoms with van der Waals surface area (Å²) < 4.78 is 5.48. The predicted molar refractivity (Wildman–Crippen MR) is 102 cm³/mol.